The number of anilines is 1. The monoisotopic (exact) mass is 535 g/mol. The van der Waals surface area contributed by atoms with Crippen LogP contribution in [0.15, 0.2) is 66.9 Å². The number of ether oxygens (including phenoxy) is 1. The van der Waals surface area contributed by atoms with Crippen LogP contribution in [0, 0.1) is 6.92 Å². The number of carbonyl (C=O) groups excluding carboxylic acids is 1. The van der Waals surface area contributed by atoms with Gasteiger partial charge in [0.15, 0.2) is 5.82 Å². The molecule has 0 unspecified atom stereocenters. The lowest BCUT2D eigenvalue weighted by molar-refractivity contribution is 0.0270. The number of nitrogen functional groups attached to an aromatic ring is 1. The van der Waals surface area contributed by atoms with Gasteiger partial charge in [0.05, 0.1) is 17.8 Å². The molecule has 1 aliphatic rings. The molecule has 0 saturated carbocycles. The summed E-state index contributed by atoms with van der Waals surface area (Å²) in [5, 5.41) is 10.6. The van der Waals surface area contributed by atoms with Crippen molar-refractivity contribution >= 4 is 33.9 Å². The number of hydrogen-bond acceptors (Lipinski definition) is 6. The van der Waals surface area contributed by atoms with Crippen molar-refractivity contribution in [1.82, 2.24) is 29.3 Å². The summed E-state index contributed by atoms with van der Waals surface area (Å²) in [7, 11) is 0. The Morgan fingerprint density at radius 1 is 1.07 bits per heavy atom. The van der Waals surface area contributed by atoms with Crippen LogP contribution in [-0.4, -0.2) is 54.1 Å². The summed E-state index contributed by atoms with van der Waals surface area (Å²) in [4.78, 5) is 18.8. The molecule has 1 aliphatic heterocycles. The number of benzene rings is 2. The van der Waals surface area contributed by atoms with Crippen molar-refractivity contribution in [1.29, 1.82) is 0 Å². The molecule has 3 aromatic heterocycles. The second-order valence-corrected chi connectivity index (χ2v) is 11.2. The Bertz CT molecular complexity index is 1760. The minimum Gasteiger partial charge on any atom is -0.444 e. The van der Waals surface area contributed by atoms with E-state index in [2.05, 4.69) is 53.7 Å². The summed E-state index contributed by atoms with van der Waals surface area (Å²) < 4.78 is 9.42. The number of aromatic nitrogens is 5. The van der Waals surface area contributed by atoms with Gasteiger partial charge in [-0.3, -0.25) is 4.68 Å². The van der Waals surface area contributed by atoms with E-state index in [0.29, 0.717) is 37.7 Å². The van der Waals surface area contributed by atoms with Crippen LogP contribution in [0.2, 0.25) is 0 Å². The van der Waals surface area contributed by atoms with Crippen molar-refractivity contribution in [2.45, 2.75) is 46.3 Å². The Kier molecular flexibility index (Phi) is 6.29. The second kappa shape index (κ2) is 9.82. The quantitative estimate of drug-likeness (QED) is 0.316. The van der Waals surface area contributed by atoms with Crippen LogP contribution >= 0.6 is 0 Å². The Labute approximate surface area is 232 Å². The average molecular weight is 536 g/mol. The molecule has 1 amide bonds. The van der Waals surface area contributed by atoms with E-state index >= 15 is 0 Å². The topological polar surface area (TPSA) is 104 Å². The van der Waals surface area contributed by atoms with E-state index in [1.54, 1.807) is 4.90 Å². The van der Waals surface area contributed by atoms with E-state index in [0.717, 1.165) is 38.8 Å². The molecule has 6 rings (SSSR count). The molecule has 2 N–H and O–H groups in total. The highest BCUT2D eigenvalue weighted by Crippen LogP contribution is 2.36. The van der Waals surface area contributed by atoms with Gasteiger partial charge in [0.2, 0.25) is 0 Å². The zero-order chi connectivity index (χ0) is 28.0. The first-order chi connectivity index (χ1) is 19.1. The van der Waals surface area contributed by atoms with Crippen molar-refractivity contribution in [3.8, 4) is 11.1 Å². The fourth-order valence-electron chi connectivity index (χ4n) is 5.17. The molecule has 204 valence electrons. The van der Waals surface area contributed by atoms with Gasteiger partial charge in [-0.2, -0.15) is 10.2 Å². The van der Waals surface area contributed by atoms with Gasteiger partial charge < -0.3 is 15.4 Å². The van der Waals surface area contributed by atoms with Crippen LogP contribution in [0.3, 0.4) is 0 Å². The molecule has 0 aliphatic carbocycles. The molecule has 2 aromatic carbocycles. The lowest BCUT2D eigenvalue weighted by Gasteiger charge is -2.29. The number of fused-ring (bicyclic) bond motifs is 2. The fraction of sp³-hybridized carbons (Fsp3) is 0.290. The zero-order valence-corrected chi connectivity index (χ0v) is 23.3. The van der Waals surface area contributed by atoms with Gasteiger partial charge in [-0.25, -0.2) is 14.3 Å². The smallest absolute Gasteiger partial charge is 0.410 e. The normalized spacial score (nSPS) is 14.1. The number of aryl methyl sites for hydroxylation is 1. The third kappa shape index (κ3) is 5.02. The molecule has 0 spiro atoms. The minimum absolute atomic E-state index is 0.300. The van der Waals surface area contributed by atoms with Crippen molar-refractivity contribution in [3.63, 3.8) is 0 Å². The molecule has 4 heterocycles. The standard InChI is InChI=1S/C31H33N7O2/c1-20-33-29(32)28-25(23-10-11-24-19-37(35-26(24)16-23)18-21-8-6-5-7-9-21)17-27(38(28)34-20)22-12-14-36(15-13-22)30(39)40-31(2,3)4/h5-12,16-17,19H,13-15,18H2,1-4H3,(H2,32,33,34). The van der Waals surface area contributed by atoms with Gasteiger partial charge in [0.25, 0.3) is 0 Å². The van der Waals surface area contributed by atoms with E-state index in [1.165, 1.54) is 5.56 Å². The highest BCUT2D eigenvalue weighted by atomic mass is 16.6. The summed E-state index contributed by atoms with van der Waals surface area (Å²) in [5.41, 5.74) is 12.8. The largest absolute Gasteiger partial charge is 0.444 e. The predicted octanol–water partition coefficient (Wildman–Crippen LogP) is 5.71. The Morgan fingerprint density at radius 2 is 1.88 bits per heavy atom. The number of rotatable bonds is 4. The molecule has 9 nitrogen and oxygen atoms in total. The zero-order valence-electron chi connectivity index (χ0n) is 23.3. The first-order valence-electron chi connectivity index (χ1n) is 13.5. The van der Waals surface area contributed by atoms with E-state index in [1.807, 2.05) is 55.1 Å². The summed E-state index contributed by atoms with van der Waals surface area (Å²) in [6.45, 7) is 9.21. The van der Waals surface area contributed by atoms with Crippen molar-refractivity contribution in [2.75, 3.05) is 18.8 Å². The van der Waals surface area contributed by atoms with Gasteiger partial charge in [-0.15, -0.1) is 0 Å². The average Bonchev–Trinajstić information content (AvgIpc) is 3.49. The number of nitrogens with two attached hydrogens (primary N) is 1. The van der Waals surface area contributed by atoms with Gasteiger partial charge >= 0.3 is 6.09 Å². The Morgan fingerprint density at radius 3 is 2.60 bits per heavy atom. The van der Waals surface area contributed by atoms with Crippen molar-refractivity contribution < 1.29 is 9.53 Å². The van der Waals surface area contributed by atoms with Crippen LogP contribution in [-0.2, 0) is 11.3 Å². The summed E-state index contributed by atoms with van der Waals surface area (Å²) in [5.74, 6) is 1.02. The van der Waals surface area contributed by atoms with E-state index in [9.17, 15) is 4.79 Å². The maximum atomic E-state index is 12.6. The van der Waals surface area contributed by atoms with E-state index in [4.69, 9.17) is 20.7 Å². The summed E-state index contributed by atoms with van der Waals surface area (Å²) >= 11 is 0. The third-order valence-electron chi connectivity index (χ3n) is 6.99. The maximum Gasteiger partial charge on any atom is 0.410 e. The van der Waals surface area contributed by atoms with Crippen LogP contribution in [0.4, 0.5) is 10.6 Å². The molecular formula is C31H33N7O2. The SMILES string of the molecule is Cc1nc(N)c2c(-c3ccc4cn(Cc5ccccc5)nc4c3)cc(C3=CCN(C(=O)OC(C)(C)C)CC3)n2n1. The number of carbonyl (C=O) groups is 1. The molecule has 9 heteroatoms. The number of hydrogen-bond donors (Lipinski definition) is 1. The maximum absolute atomic E-state index is 12.6. The molecule has 0 saturated heterocycles. The van der Waals surface area contributed by atoms with Crippen LogP contribution < -0.4 is 5.73 Å². The predicted molar refractivity (Wildman–Crippen MR) is 157 cm³/mol. The van der Waals surface area contributed by atoms with Crippen LogP contribution in [0.1, 0.15) is 44.3 Å². The number of amides is 1. The molecule has 5 aromatic rings. The lowest BCUT2D eigenvalue weighted by Crippen LogP contribution is -2.39. The van der Waals surface area contributed by atoms with Crippen molar-refractivity contribution in [3.05, 3.63) is 84.0 Å². The third-order valence-corrected chi connectivity index (χ3v) is 6.99. The summed E-state index contributed by atoms with van der Waals surface area (Å²) in [6.07, 6.45) is 4.52. The molecule has 0 fully saturated rings. The molecule has 40 heavy (non-hydrogen) atoms. The highest BCUT2D eigenvalue weighted by Gasteiger charge is 2.26. The van der Waals surface area contributed by atoms with Gasteiger partial charge in [0, 0.05) is 30.2 Å². The van der Waals surface area contributed by atoms with E-state index < -0.39 is 5.60 Å². The van der Waals surface area contributed by atoms with E-state index in [-0.39, 0.29) is 6.09 Å². The Hall–Kier alpha value is -4.66. The second-order valence-electron chi connectivity index (χ2n) is 11.2. The van der Waals surface area contributed by atoms with Gasteiger partial charge in [0.1, 0.15) is 16.9 Å². The first-order valence-corrected chi connectivity index (χ1v) is 13.5. The molecular weight excluding hydrogens is 502 g/mol. The van der Waals surface area contributed by atoms with Crippen LogP contribution in [0.25, 0.3) is 33.1 Å². The van der Waals surface area contributed by atoms with Crippen LogP contribution in [0.5, 0.6) is 0 Å². The Balaban J connectivity index is 1.36. The fourth-order valence-corrected chi connectivity index (χ4v) is 5.17. The highest BCUT2D eigenvalue weighted by molar-refractivity contribution is 5.94. The first kappa shape index (κ1) is 25.6. The number of nitrogens with zero attached hydrogens (tertiary/aromatic N) is 6. The lowest BCUT2D eigenvalue weighted by atomic mass is 10.0. The molecule has 0 radical (unpaired) electrons. The van der Waals surface area contributed by atoms with Crippen molar-refractivity contribution in [2.24, 2.45) is 0 Å². The summed E-state index contributed by atoms with van der Waals surface area (Å²) in [6, 6.07) is 18.7. The molecule has 0 atom stereocenters. The molecule has 0 bridgehead atoms. The minimum atomic E-state index is -0.530. The van der Waals surface area contributed by atoms with Gasteiger partial charge in [-0.05, 0) is 62.9 Å². The van der Waals surface area contributed by atoms with Gasteiger partial charge in [-0.1, -0.05) is 48.5 Å².